The lowest BCUT2D eigenvalue weighted by molar-refractivity contribution is 0.0564. The quantitative estimate of drug-likeness (QED) is 0.723. The highest BCUT2D eigenvalue weighted by molar-refractivity contribution is 14.1. The van der Waals surface area contributed by atoms with Gasteiger partial charge < -0.3 is 15.0 Å². The van der Waals surface area contributed by atoms with Crippen LogP contribution in [0.2, 0.25) is 0 Å². The van der Waals surface area contributed by atoms with E-state index in [0.717, 1.165) is 13.7 Å². The van der Waals surface area contributed by atoms with E-state index in [0.29, 0.717) is 26.3 Å². The van der Waals surface area contributed by atoms with Crippen LogP contribution < -0.4 is 5.32 Å². The number of urea groups is 1. The number of benzene rings is 1. The molecule has 1 aliphatic heterocycles. The number of halogens is 2. The third kappa shape index (κ3) is 3.56. The summed E-state index contributed by atoms with van der Waals surface area (Å²) in [5, 5.41) is 2.90. The number of carbonyl (C=O) groups excluding carboxylic acids is 1. The predicted octanol–water partition coefficient (Wildman–Crippen LogP) is 2.92. The summed E-state index contributed by atoms with van der Waals surface area (Å²) in [5.41, 5.74) is 0.799. The van der Waals surface area contributed by atoms with Gasteiger partial charge in [-0.3, -0.25) is 0 Å². The number of morpholine rings is 1. The molecule has 1 N–H and O–H groups in total. The van der Waals surface area contributed by atoms with E-state index >= 15 is 0 Å². The lowest BCUT2D eigenvalue weighted by atomic mass is 10.3. The molecule has 0 aliphatic carbocycles. The van der Waals surface area contributed by atoms with E-state index in [4.69, 9.17) is 4.74 Å². The van der Waals surface area contributed by atoms with Crippen molar-refractivity contribution in [2.24, 2.45) is 0 Å². The lowest BCUT2D eigenvalue weighted by Crippen LogP contribution is -2.43. The summed E-state index contributed by atoms with van der Waals surface area (Å²) in [7, 11) is 0. The molecule has 1 saturated heterocycles. The first-order valence-electron chi connectivity index (χ1n) is 5.25. The summed E-state index contributed by atoms with van der Waals surface area (Å²) in [6, 6.07) is 5.77. The normalized spacial score (nSPS) is 15.8. The first-order valence-corrected chi connectivity index (χ1v) is 7.13. The number of nitrogens with zero attached hydrogens (tertiary/aromatic N) is 1. The highest BCUT2D eigenvalue weighted by Gasteiger charge is 2.17. The molecule has 0 saturated carbocycles. The van der Waals surface area contributed by atoms with Crippen molar-refractivity contribution in [1.29, 1.82) is 0 Å². The first kappa shape index (κ1) is 13.1. The van der Waals surface area contributed by atoms with Crippen LogP contribution in [-0.2, 0) is 4.74 Å². The number of ether oxygens (including phenoxy) is 1. The Balaban J connectivity index is 2.04. The van der Waals surface area contributed by atoms with Gasteiger partial charge in [-0.05, 0) is 56.7 Å². The third-order valence-electron chi connectivity index (χ3n) is 2.47. The molecule has 0 radical (unpaired) electrons. The highest BCUT2D eigenvalue weighted by atomic mass is 127. The molecule has 0 atom stereocenters. The van der Waals surface area contributed by atoms with Crippen LogP contribution in [0.25, 0.3) is 0 Å². The topological polar surface area (TPSA) is 41.6 Å². The zero-order valence-corrected chi connectivity index (χ0v) is 12.8. The van der Waals surface area contributed by atoms with Gasteiger partial charge in [-0.2, -0.15) is 0 Å². The van der Waals surface area contributed by atoms with Gasteiger partial charge in [0.1, 0.15) is 0 Å². The molecule has 17 heavy (non-hydrogen) atoms. The van der Waals surface area contributed by atoms with Crippen LogP contribution in [0.15, 0.2) is 22.7 Å². The van der Waals surface area contributed by atoms with Gasteiger partial charge in [0.15, 0.2) is 0 Å². The van der Waals surface area contributed by atoms with E-state index in [-0.39, 0.29) is 6.03 Å². The van der Waals surface area contributed by atoms with E-state index < -0.39 is 0 Å². The van der Waals surface area contributed by atoms with Gasteiger partial charge in [0.2, 0.25) is 0 Å². The van der Waals surface area contributed by atoms with Gasteiger partial charge in [0, 0.05) is 21.1 Å². The Morgan fingerprint density at radius 3 is 2.82 bits per heavy atom. The van der Waals surface area contributed by atoms with Gasteiger partial charge in [-0.25, -0.2) is 4.79 Å². The van der Waals surface area contributed by atoms with Crippen LogP contribution in [0.3, 0.4) is 0 Å². The molecule has 2 amide bonds. The average Bonchev–Trinajstić information content (AvgIpc) is 2.35. The Bertz CT molecular complexity index is 422. The molecule has 0 bridgehead atoms. The second-order valence-electron chi connectivity index (χ2n) is 3.65. The van der Waals surface area contributed by atoms with Crippen LogP contribution in [0, 0.1) is 3.57 Å². The zero-order valence-electron chi connectivity index (χ0n) is 9.08. The molecule has 4 nitrogen and oxygen atoms in total. The lowest BCUT2D eigenvalue weighted by Gasteiger charge is -2.27. The van der Waals surface area contributed by atoms with E-state index in [1.807, 2.05) is 18.2 Å². The number of amides is 2. The van der Waals surface area contributed by atoms with Crippen molar-refractivity contribution < 1.29 is 9.53 Å². The second-order valence-corrected chi connectivity index (χ2v) is 5.75. The van der Waals surface area contributed by atoms with E-state index in [1.165, 1.54) is 0 Å². The summed E-state index contributed by atoms with van der Waals surface area (Å²) in [5.74, 6) is 0. The first-order chi connectivity index (χ1) is 8.16. The molecule has 1 aromatic rings. The van der Waals surface area contributed by atoms with Crippen LogP contribution in [-0.4, -0.2) is 37.2 Å². The average molecular weight is 411 g/mol. The molecule has 6 heteroatoms. The van der Waals surface area contributed by atoms with Crippen LogP contribution in [0.5, 0.6) is 0 Å². The molecule has 0 spiro atoms. The number of hydrogen-bond acceptors (Lipinski definition) is 2. The van der Waals surface area contributed by atoms with E-state index in [1.54, 1.807) is 4.90 Å². The molecule has 1 aliphatic rings. The smallest absolute Gasteiger partial charge is 0.322 e. The van der Waals surface area contributed by atoms with Gasteiger partial charge in [0.25, 0.3) is 0 Å². The SMILES string of the molecule is O=C(Nc1cc(I)ccc1Br)N1CCOCC1. The van der Waals surface area contributed by atoms with Crippen molar-refractivity contribution in [3.05, 3.63) is 26.2 Å². The Hall–Kier alpha value is -0.340. The molecule has 2 rings (SSSR count). The molecular weight excluding hydrogens is 399 g/mol. The van der Waals surface area contributed by atoms with Crippen LogP contribution >= 0.6 is 38.5 Å². The molecule has 1 heterocycles. The number of anilines is 1. The van der Waals surface area contributed by atoms with Gasteiger partial charge in [-0.15, -0.1) is 0 Å². The van der Waals surface area contributed by atoms with Crippen molar-refractivity contribution in [2.45, 2.75) is 0 Å². The van der Waals surface area contributed by atoms with Gasteiger partial charge >= 0.3 is 6.03 Å². The van der Waals surface area contributed by atoms with Crippen LogP contribution in [0.1, 0.15) is 0 Å². The summed E-state index contributed by atoms with van der Waals surface area (Å²) >= 11 is 5.64. The maximum atomic E-state index is 12.0. The monoisotopic (exact) mass is 410 g/mol. The maximum absolute atomic E-state index is 12.0. The standard InChI is InChI=1S/C11H12BrIN2O2/c12-9-2-1-8(13)7-10(9)14-11(16)15-3-5-17-6-4-15/h1-2,7H,3-6H2,(H,14,16). The predicted molar refractivity (Wildman–Crippen MR) is 78.3 cm³/mol. The van der Waals surface area contributed by atoms with Crippen LogP contribution in [0.4, 0.5) is 10.5 Å². The van der Waals surface area contributed by atoms with Gasteiger partial charge in [0.05, 0.1) is 18.9 Å². The summed E-state index contributed by atoms with van der Waals surface area (Å²) in [4.78, 5) is 13.7. The summed E-state index contributed by atoms with van der Waals surface area (Å²) in [6.45, 7) is 2.52. The Morgan fingerprint density at radius 1 is 1.41 bits per heavy atom. The molecule has 1 fully saturated rings. The number of hydrogen-bond donors (Lipinski definition) is 1. The Kier molecular flexibility index (Phi) is 4.63. The molecule has 0 unspecified atom stereocenters. The summed E-state index contributed by atoms with van der Waals surface area (Å²) < 4.78 is 7.19. The van der Waals surface area contributed by atoms with Gasteiger partial charge in [-0.1, -0.05) is 0 Å². The van der Waals surface area contributed by atoms with Crippen molar-refractivity contribution in [3.63, 3.8) is 0 Å². The van der Waals surface area contributed by atoms with Crippen molar-refractivity contribution in [1.82, 2.24) is 4.90 Å². The molecule has 0 aromatic heterocycles. The largest absolute Gasteiger partial charge is 0.378 e. The third-order valence-corrected chi connectivity index (χ3v) is 3.83. The maximum Gasteiger partial charge on any atom is 0.322 e. The minimum atomic E-state index is -0.0731. The fourth-order valence-corrected chi connectivity index (χ4v) is 2.39. The fourth-order valence-electron chi connectivity index (χ4n) is 1.55. The van der Waals surface area contributed by atoms with Crippen molar-refractivity contribution in [2.75, 3.05) is 31.6 Å². The van der Waals surface area contributed by atoms with Crippen molar-refractivity contribution >= 4 is 50.2 Å². The Morgan fingerprint density at radius 2 is 2.12 bits per heavy atom. The number of rotatable bonds is 1. The number of carbonyl (C=O) groups is 1. The molecule has 92 valence electrons. The van der Waals surface area contributed by atoms with Crippen molar-refractivity contribution in [3.8, 4) is 0 Å². The molecular formula is C11H12BrIN2O2. The minimum absolute atomic E-state index is 0.0731. The second kappa shape index (κ2) is 6.01. The van der Waals surface area contributed by atoms with E-state index in [9.17, 15) is 4.79 Å². The fraction of sp³-hybridized carbons (Fsp3) is 0.364. The highest BCUT2D eigenvalue weighted by Crippen LogP contribution is 2.24. The van der Waals surface area contributed by atoms with E-state index in [2.05, 4.69) is 43.8 Å². The summed E-state index contributed by atoms with van der Waals surface area (Å²) in [6.07, 6.45) is 0. The molecule has 1 aromatic carbocycles. The Labute approximate surface area is 122 Å². The minimum Gasteiger partial charge on any atom is -0.378 e. The zero-order chi connectivity index (χ0) is 12.3. The number of nitrogens with one attached hydrogen (secondary N) is 1.